The highest BCUT2D eigenvalue weighted by atomic mass is 16.5. The highest BCUT2D eigenvalue weighted by molar-refractivity contribution is 6.18. The van der Waals surface area contributed by atoms with Gasteiger partial charge in [0, 0.05) is 11.1 Å². The number of hydrogen-bond donors (Lipinski definition) is 1. The molecule has 1 aliphatic rings. The van der Waals surface area contributed by atoms with Crippen molar-refractivity contribution in [3.05, 3.63) is 77.0 Å². The lowest BCUT2D eigenvalue weighted by Gasteiger charge is -2.08. The normalized spacial score (nSPS) is 13.5. The van der Waals surface area contributed by atoms with E-state index in [9.17, 15) is 14.7 Å². The largest absolute Gasteiger partial charge is 0.497 e. The maximum Gasteiger partial charge on any atom is 0.307 e. The molecule has 36 heavy (non-hydrogen) atoms. The maximum absolute atomic E-state index is 13.2. The average Bonchev–Trinajstić information content (AvgIpc) is 3.41. The van der Waals surface area contributed by atoms with Crippen LogP contribution in [0.1, 0.15) is 21.5 Å². The quantitative estimate of drug-likeness (QED) is 0.348. The molecular formula is C28H22O8. The van der Waals surface area contributed by atoms with Crippen LogP contribution in [0.3, 0.4) is 0 Å². The SMILES string of the molecule is COc1ccc(-c2oc3ccc4c(c3c2CC(=O)O)O/C(=C\c2ccc(OC)c(OC)c2)C4=O)cc1. The van der Waals surface area contributed by atoms with Crippen LogP contribution < -0.4 is 18.9 Å². The van der Waals surface area contributed by atoms with Crippen molar-refractivity contribution in [1.82, 2.24) is 0 Å². The summed E-state index contributed by atoms with van der Waals surface area (Å²) in [5.41, 5.74) is 2.55. The molecule has 0 fully saturated rings. The van der Waals surface area contributed by atoms with Crippen LogP contribution in [-0.4, -0.2) is 38.2 Å². The van der Waals surface area contributed by atoms with Crippen molar-refractivity contribution in [2.45, 2.75) is 6.42 Å². The molecule has 3 aromatic carbocycles. The van der Waals surface area contributed by atoms with Crippen molar-refractivity contribution in [1.29, 1.82) is 0 Å². The van der Waals surface area contributed by atoms with Crippen LogP contribution in [0.2, 0.25) is 0 Å². The Morgan fingerprint density at radius 1 is 0.944 bits per heavy atom. The van der Waals surface area contributed by atoms with E-state index in [1.807, 2.05) is 0 Å². The van der Waals surface area contributed by atoms with Gasteiger partial charge < -0.3 is 28.5 Å². The molecule has 4 aromatic rings. The first-order valence-corrected chi connectivity index (χ1v) is 11.0. The van der Waals surface area contributed by atoms with Crippen LogP contribution in [0.4, 0.5) is 0 Å². The number of carboxylic acid groups (broad SMARTS) is 1. The summed E-state index contributed by atoms with van der Waals surface area (Å²) >= 11 is 0. The Morgan fingerprint density at radius 3 is 2.36 bits per heavy atom. The minimum absolute atomic E-state index is 0.109. The molecule has 0 saturated heterocycles. The number of fused-ring (bicyclic) bond motifs is 3. The lowest BCUT2D eigenvalue weighted by Crippen LogP contribution is -2.01. The summed E-state index contributed by atoms with van der Waals surface area (Å²) < 4.78 is 28.0. The van der Waals surface area contributed by atoms with Gasteiger partial charge in [0.05, 0.1) is 38.7 Å². The number of aliphatic carboxylic acids is 1. The predicted molar refractivity (Wildman–Crippen MR) is 132 cm³/mol. The number of carbonyl (C=O) groups is 2. The number of carboxylic acids is 1. The minimum Gasteiger partial charge on any atom is -0.497 e. The summed E-state index contributed by atoms with van der Waals surface area (Å²) in [6.07, 6.45) is 1.30. The molecule has 0 radical (unpaired) electrons. The number of furan rings is 1. The van der Waals surface area contributed by atoms with Crippen LogP contribution >= 0.6 is 0 Å². The topological polar surface area (TPSA) is 104 Å². The lowest BCUT2D eigenvalue weighted by atomic mass is 10.00. The van der Waals surface area contributed by atoms with Crippen molar-refractivity contribution in [3.63, 3.8) is 0 Å². The predicted octanol–water partition coefficient (Wildman–Crippen LogP) is 5.37. The Balaban J connectivity index is 1.62. The molecule has 0 aliphatic carbocycles. The van der Waals surface area contributed by atoms with Gasteiger partial charge in [-0.1, -0.05) is 6.07 Å². The average molecular weight is 486 g/mol. The zero-order valence-corrected chi connectivity index (χ0v) is 19.8. The first-order chi connectivity index (χ1) is 17.4. The number of rotatable bonds is 7. The fraction of sp³-hybridized carbons (Fsp3) is 0.143. The zero-order valence-electron chi connectivity index (χ0n) is 19.8. The van der Waals surface area contributed by atoms with Gasteiger partial charge in [-0.2, -0.15) is 0 Å². The number of ketones is 1. The Bertz CT molecular complexity index is 1530. The second kappa shape index (κ2) is 9.14. The Labute approximate surface area is 206 Å². The standard InChI is InChI=1S/C28H22O8/c1-32-17-7-5-16(6-8-17)27-19(14-24(29)30)25-21(35-27)11-9-18-26(31)23(36-28(18)25)13-15-4-10-20(33-2)22(12-15)34-3/h4-13H,14H2,1-3H3,(H,29,30)/b23-13-. The molecule has 1 aromatic heterocycles. The molecule has 2 heterocycles. The number of ether oxygens (including phenoxy) is 4. The van der Waals surface area contributed by atoms with E-state index in [1.54, 1.807) is 74.9 Å². The summed E-state index contributed by atoms with van der Waals surface area (Å²) in [5, 5.41) is 10.1. The van der Waals surface area contributed by atoms with Crippen molar-refractivity contribution >= 4 is 28.8 Å². The van der Waals surface area contributed by atoms with Gasteiger partial charge in [-0.05, 0) is 60.2 Å². The second-order valence-electron chi connectivity index (χ2n) is 8.08. The van der Waals surface area contributed by atoms with E-state index in [0.29, 0.717) is 56.2 Å². The maximum atomic E-state index is 13.2. The summed E-state index contributed by atoms with van der Waals surface area (Å²) in [6, 6.07) is 15.6. The van der Waals surface area contributed by atoms with E-state index < -0.39 is 5.97 Å². The molecule has 0 bridgehead atoms. The van der Waals surface area contributed by atoms with Crippen LogP contribution in [0, 0.1) is 0 Å². The fourth-order valence-corrected chi connectivity index (χ4v) is 4.28. The van der Waals surface area contributed by atoms with Crippen LogP contribution in [-0.2, 0) is 11.2 Å². The molecule has 0 spiro atoms. The molecule has 0 saturated carbocycles. The van der Waals surface area contributed by atoms with Crippen molar-refractivity contribution in [3.8, 4) is 34.3 Å². The third-order valence-corrected chi connectivity index (χ3v) is 5.97. The van der Waals surface area contributed by atoms with Crippen molar-refractivity contribution < 1.29 is 38.1 Å². The second-order valence-corrected chi connectivity index (χ2v) is 8.08. The number of Topliss-reactive ketones (excluding diaryl/α,β-unsaturated/α-hetero) is 1. The molecule has 0 atom stereocenters. The number of allylic oxidation sites excluding steroid dienone is 1. The number of methoxy groups -OCH3 is 3. The van der Waals surface area contributed by atoms with Gasteiger partial charge in [0.1, 0.15) is 22.8 Å². The van der Waals surface area contributed by atoms with E-state index in [1.165, 1.54) is 7.11 Å². The smallest absolute Gasteiger partial charge is 0.307 e. The van der Waals surface area contributed by atoms with E-state index in [4.69, 9.17) is 23.4 Å². The molecule has 1 aliphatic heterocycles. The highest BCUT2D eigenvalue weighted by Gasteiger charge is 2.33. The van der Waals surface area contributed by atoms with Crippen molar-refractivity contribution in [2.75, 3.05) is 21.3 Å². The van der Waals surface area contributed by atoms with E-state index in [-0.39, 0.29) is 23.7 Å². The van der Waals surface area contributed by atoms with Crippen LogP contribution in [0.25, 0.3) is 28.4 Å². The first-order valence-electron chi connectivity index (χ1n) is 11.0. The fourth-order valence-electron chi connectivity index (χ4n) is 4.28. The lowest BCUT2D eigenvalue weighted by molar-refractivity contribution is -0.136. The molecular weight excluding hydrogens is 464 g/mol. The third kappa shape index (κ3) is 3.92. The highest BCUT2D eigenvalue weighted by Crippen LogP contribution is 2.45. The number of hydrogen-bond acceptors (Lipinski definition) is 7. The minimum atomic E-state index is -1.03. The summed E-state index contributed by atoms with van der Waals surface area (Å²) in [7, 11) is 4.64. The molecule has 8 nitrogen and oxygen atoms in total. The first kappa shape index (κ1) is 23.0. The Hall–Kier alpha value is -4.72. The van der Waals surface area contributed by atoms with Gasteiger partial charge in [0.2, 0.25) is 5.78 Å². The Morgan fingerprint density at radius 2 is 1.69 bits per heavy atom. The van der Waals surface area contributed by atoms with E-state index >= 15 is 0 Å². The molecule has 1 N–H and O–H groups in total. The number of carbonyl (C=O) groups excluding carboxylic acids is 1. The molecule has 0 unspecified atom stereocenters. The van der Waals surface area contributed by atoms with Crippen LogP contribution in [0.15, 0.2) is 64.8 Å². The Kier molecular flexibility index (Phi) is 5.85. The van der Waals surface area contributed by atoms with Gasteiger partial charge in [0.25, 0.3) is 0 Å². The summed E-state index contributed by atoms with van der Waals surface area (Å²) in [6.45, 7) is 0. The molecule has 5 rings (SSSR count). The molecule has 182 valence electrons. The van der Waals surface area contributed by atoms with Gasteiger partial charge in [-0.15, -0.1) is 0 Å². The molecule has 0 amide bonds. The van der Waals surface area contributed by atoms with Crippen molar-refractivity contribution in [2.24, 2.45) is 0 Å². The summed E-state index contributed by atoms with van der Waals surface area (Å²) in [5.74, 6) is 1.19. The van der Waals surface area contributed by atoms with E-state index in [0.717, 1.165) is 0 Å². The number of benzene rings is 3. The zero-order chi connectivity index (χ0) is 25.4. The van der Waals surface area contributed by atoms with Crippen LogP contribution in [0.5, 0.6) is 23.0 Å². The van der Waals surface area contributed by atoms with Gasteiger partial charge in [0.15, 0.2) is 17.3 Å². The van der Waals surface area contributed by atoms with Gasteiger partial charge in [-0.25, -0.2) is 0 Å². The molecule has 8 heteroatoms. The van der Waals surface area contributed by atoms with Gasteiger partial charge in [-0.3, -0.25) is 9.59 Å². The van der Waals surface area contributed by atoms with E-state index in [2.05, 4.69) is 0 Å². The monoisotopic (exact) mass is 486 g/mol. The summed E-state index contributed by atoms with van der Waals surface area (Å²) in [4.78, 5) is 25.0. The van der Waals surface area contributed by atoms with Gasteiger partial charge >= 0.3 is 5.97 Å². The third-order valence-electron chi connectivity index (χ3n) is 5.97.